The highest BCUT2D eigenvalue weighted by atomic mass is 32.2. The van der Waals surface area contributed by atoms with Crippen molar-refractivity contribution in [2.24, 2.45) is 10.1 Å². The first-order valence-corrected chi connectivity index (χ1v) is 13.7. The van der Waals surface area contributed by atoms with Crippen molar-refractivity contribution >= 4 is 40.1 Å². The van der Waals surface area contributed by atoms with Crippen LogP contribution < -0.4 is 14.8 Å². The van der Waals surface area contributed by atoms with E-state index in [1.165, 1.54) is 24.4 Å². The molecule has 39 heavy (non-hydrogen) atoms. The van der Waals surface area contributed by atoms with Gasteiger partial charge in [0.25, 0.3) is 5.91 Å². The van der Waals surface area contributed by atoms with Crippen LogP contribution in [0.2, 0.25) is 0 Å². The SMILES string of the molecule is CCc1ccc([C@H]2CC(c3ccccc3)=NN2C2=NC(=O)[C@H](CC(=O)Nc3ccc(OC)c(OC)c3)S2)cc1. The molecule has 2 amide bonds. The van der Waals surface area contributed by atoms with Crippen molar-refractivity contribution < 1.29 is 19.1 Å². The topological polar surface area (TPSA) is 92.6 Å². The van der Waals surface area contributed by atoms with Gasteiger partial charge in [-0.25, -0.2) is 5.01 Å². The third-order valence-electron chi connectivity index (χ3n) is 6.75. The van der Waals surface area contributed by atoms with Crippen LogP contribution in [0.4, 0.5) is 5.69 Å². The third-order valence-corrected chi connectivity index (χ3v) is 7.90. The van der Waals surface area contributed by atoms with E-state index in [0.29, 0.717) is 28.8 Å². The van der Waals surface area contributed by atoms with Crippen LogP contribution in [0, 0.1) is 0 Å². The first kappa shape index (κ1) is 26.5. The van der Waals surface area contributed by atoms with Gasteiger partial charge in [-0.3, -0.25) is 9.59 Å². The van der Waals surface area contributed by atoms with Crippen LogP contribution in [-0.2, 0) is 16.0 Å². The van der Waals surface area contributed by atoms with Crippen LogP contribution in [0.3, 0.4) is 0 Å². The molecule has 0 saturated carbocycles. The van der Waals surface area contributed by atoms with Crippen molar-refractivity contribution in [3.8, 4) is 11.5 Å². The van der Waals surface area contributed by atoms with Crippen molar-refractivity contribution in [3.05, 3.63) is 89.5 Å². The lowest BCUT2D eigenvalue weighted by Gasteiger charge is -2.23. The second-order valence-corrected chi connectivity index (χ2v) is 10.4. The second-order valence-electron chi connectivity index (χ2n) is 9.23. The zero-order valence-corrected chi connectivity index (χ0v) is 22.9. The van der Waals surface area contributed by atoms with Gasteiger partial charge in [0.2, 0.25) is 5.91 Å². The highest BCUT2D eigenvalue weighted by Gasteiger charge is 2.39. The maximum absolute atomic E-state index is 12.9. The number of hydrazone groups is 1. The lowest BCUT2D eigenvalue weighted by molar-refractivity contribution is -0.121. The molecular formula is C30H30N4O4S. The van der Waals surface area contributed by atoms with Gasteiger partial charge in [0, 0.05) is 24.6 Å². The Morgan fingerprint density at radius 2 is 1.77 bits per heavy atom. The molecule has 3 aromatic carbocycles. The van der Waals surface area contributed by atoms with Crippen LogP contribution in [0.5, 0.6) is 11.5 Å². The smallest absolute Gasteiger partial charge is 0.262 e. The zero-order chi connectivity index (χ0) is 27.4. The molecule has 2 heterocycles. The molecule has 8 nitrogen and oxygen atoms in total. The molecule has 3 aromatic rings. The van der Waals surface area contributed by atoms with E-state index in [1.54, 1.807) is 25.3 Å². The van der Waals surface area contributed by atoms with Crippen LogP contribution >= 0.6 is 11.8 Å². The molecule has 0 fully saturated rings. The Bertz CT molecular complexity index is 1420. The number of methoxy groups -OCH3 is 2. The highest BCUT2D eigenvalue weighted by Crippen LogP contribution is 2.39. The molecule has 2 aliphatic rings. The minimum absolute atomic E-state index is 0.0101. The fourth-order valence-electron chi connectivity index (χ4n) is 4.63. The van der Waals surface area contributed by atoms with Gasteiger partial charge >= 0.3 is 0 Å². The maximum Gasteiger partial charge on any atom is 0.262 e. The fraction of sp³-hybridized carbons (Fsp3) is 0.267. The molecule has 9 heteroatoms. The largest absolute Gasteiger partial charge is 0.493 e. The predicted molar refractivity (Wildman–Crippen MR) is 155 cm³/mol. The molecule has 0 aliphatic carbocycles. The van der Waals surface area contributed by atoms with E-state index in [2.05, 4.69) is 41.5 Å². The van der Waals surface area contributed by atoms with Crippen molar-refractivity contribution in [2.45, 2.75) is 37.5 Å². The van der Waals surface area contributed by atoms with Gasteiger partial charge < -0.3 is 14.8 Å². The number of ether oxygens (including phenoxy) is 2. The molecule has 0 aromatic heterocycles. The Labute approximate surface area is 232 Å². The van der Waals surface area contributed by atoms with Crippen LogP contribution in [0.1, 0.15) is 42.5 Å². The Morgan fingerprint density at radius 3 is 2.46 bits per heavy atom. The number of rotatable bonds is 8. The summed E-state index contributed by atoms with van der Waals surface area (Å²) in [6.07, 6.45) is 1.64. The summed E-state index contributed by atoms with van der Waals surface area (Å²) in [6, 6.07) is 23.6. The van der Waals surface area contributed by atoms with Crippen molar-refractivity contribution in [2.75, 3.05) is 19.5 Å². The minimum Gasteiger partial charge on any atom is -0.493 e. The maximum atomic E-state index is 12.9. The molecule has 2 atom stereocenters. The number of hydrogen-bond acceptors (Lipinski definition) is 7. The summed E-state index contributed by atoms with van der Waals surface area (Å²) in [5.41, 5.74) is 4.89. The summed E-state index contributed by atoms with van der Waals surface area (Å²) < 4.78 is 10.6. The van der Waals surface area contributed by atoms with Crippen molar-refractivity contribution in [3.63, 3.8) is 0 Å². The molecule has 0 bridgehead atoms. The van der Waals surface area contributed by atoms with E-state index in [4.69, 9.17) is 14.6 Å². The number of amides is 2. The summed E-state index contributed by atoms with van der Waals surface area (Å²) >= 11 is 1.29. The van der Waals surface area contributed by atoms with Crippen LogP contribution in [0.15, 0.2) is 82.9 Å². The number of anilines is 1. The van der Waals surface area contributed by atoms with Gasteiger partial charge in [0.1, 0.15) is 5.25 Å². The number of amidine groups is 1. The number of nitrogens with zero attached hydrogens (tertiary/aromatic N) is 3. The lowest BCUT2D eigenvalue weighted by atomic mass is 9.97. The average molecular weight is 543 g/mol. The molecule has 0 unspecified atom stereocenters. The van der Waals surface area contributed by atoms with E-state index in [-0.39, 0.29) is 24.3 Å². The van der Waals surface area contributed by atoms with Gasteiger partial charge in [-0.1, -0.05) is 73.3 Å². The van der Waals surface area contributed by atoms with Gasteiger partial charge in [0.15, 0.2) is 16.7 Å². The van der Waals surface area contributed by atoms with E-state index in [0.717, 1.165) is 23.3 Å². The van der Waals surface area contributed by atoms with E-state index in [9.17, 15) is 9.59 Å². The number of thioether (sulfide) groups is 1. The highest BCUT2D eigenvalue weighted by molar-refractivity contribution is 8.15. The first-order valence-electron chi connectivity index (χ1n) is 12.8. The number of benzene rings is 3. The number of nitrogens with one attached hydrogen (secondary N) is 1. The lowest BCUT2D eigenvalue weighted by Crippen LogP contribution is -2.25. The predicted octanol–water partition coefficient (Wildman–Crippen LogP) is 5.44. The molecule has 2 aliphatic heterocycles. The van der Waals surface area contributed by atoms with Crippen molar-refractivity contribution in [1.29, 1.82) is 0 Å². The Balaban J connectivity index is 1.32. The standard InChI is InChI=1S/C30H30N4O4S/c1-4-19-10-12-21(13-11-19)24-17-23(20-8-6-5-7-9-20)33-34(24)30-32-29(36)27(39-30)18-28(35)31-22-14-15-25(37-2)26(16-22)38-3/h5-16,24,27H,4,17-18H2,1-3H3,(H,31,35)/t24-,27+/m1/s1. The van der Waals surface area contributed by atoms with Gasteiger partial charge in [-0.15, -0.1) is 0 Å². The fourth-order valence-corrected chi connectivity index (χ4v) is 5.69. The summed E-state index contributed by atoms with van der Waals surface area (Å²) in [6.45, 7) is 2.13. The van der Waals surface area contributed by atoms with Crippen molar-refractivity contribution in [1.82, 2.24) is 5.01 Å². The van der Waals surface area contributed by atoms with Gasteiger partial charge in [-0.2, -0.15) is 10.1 Å². The summed E-state index contributed by atoms with van der Waals surface area (Å²) in [5, 5.41) is 9.49. The quantitative estimate of drug-likeness (QED) is 0.407. The molecule has 0 spiro atoms. The summed E-state index contributed by atoms with van der Waals surface area (Å²) in [5.74, 6) is 0.452. The molecule has 0 radical (unpaired) electrons. The number of aliphatic imine (C=N–C) groups is 1. The number of carbonyl (C=O) groups excluding carboxylic acids is 2. The van der Waals surface area contributed by atoms with E-state index in [1.807, 2.05) is 35.3 Å². The van der Waals surface area contributed by atoms with Crippen LogP contribution in [-0.4, -0.2) is 47.2 Å². The number of aryl methyl sites for hydroxylation is 1. The zero-order valence-electron chi connectivity index (χ0n) is 22.1. The van der Waals surface area contributed by atoms with E-state index < -0.39 is 5.25 Å². The average Bonchev–Trinajstić information content (AvgIpc) is 3.57. The molecule has 5 rings (SSSR count). The Kier molecular flexibility index (Phi) is 7.97. The van der Waals surface area contributed by atoms with Gasteiger partial charge in [-0.05, 0) is 35.2 Å². The number of carbonyl (C=O) groups is 2. The Morgan fingerprint density at radius 1 is 1.03 bits per heavy atom. The first-order chi connectivity index (χ1) is 19.0. The molecular weight excluding hydrogens is 512 g/mol. The summed E-state index contributed by atoms with van der Waals surface area (Å²) in [4.78, 5) is 30.1. The monoisotopic (exact) mass is 542 g/mol. The normalized spacial score (nSPS) is 18.5. The van der Waals surface area contributed by atoms with Gasteiger partial charge in [0.05, 0.1) is 26.0 Å². The third kappa shape index (κ3) is 5.83. The van der Waals surface area contributed by atoms with E-state index >= 15 is 0 Å². The minimum atomic E-state index is -0.626. The number of hydrogen-bond donors (Lipinski definition) is 1. The Hall–Kier alpha value is -4.11. The second kappa shape index (κ2) is 11.7. The van der Waals surface area contributed by atoms with Crippen LogP contribution in [0.25, 0.3) is 0 Å². The summed E-state index contributed by atoms with van der Waals surface area (Å²) in [7, 11) is 3.08. The molecule has 1 N–H and O–H groups in total. The molecule has 200 valence electrons. The molecule has 0 saturated heterocycles.